The molecule has 0 N–H and O–H groups in total. The van der Waals surface area contributed by atoms with Gasteiger partial charge >= 0.3 is 0 Å². The number of rotatable bonds is 7. The maximum absolute atomic E-state index is 12.2. The van der Waals surface area contributed by atoms with Gasteiger partial charge in [-0.2, -0.15) is 5.26 Å². The zero-order valence-corrected chi connectivity index (χ0v) is 40.9. The van der Waals surface area contributed by atoms with Crippen LogP contribution in [0.5, 0.6) is 0 Å². The van der Waals surface area contributed by atoms with Gasteiger partial charge < -0.3 is 18.1 Å². The van der Waals surface area contributed by atoms with Gasteiger partial charge in [0, 0.05) is 54.4 Å². The second kappa shape index (κ2) is 17.1. The summed E-state index contributed by atoms with van der Waals surface area (Å²) in [5.74, 6) is -1.14. The van der Waals surface area contributed by atoms with Crippen molar-refractivity contribution < 1.29 is 18.1 Å². The summed E-state index contributed by atoms with van der Waals surface area (Å²) in [4.78, 5) is 14.9. The molecule has 5 heterocycles. The monoisotopic (exact) mass is 1010 g/mol. The van der Waals surface area contributed by atoms with Gasteiger partial charge in [0.15, 0.2) is 17.5 Å². The highest BCUT2D eigenvalue weighted by Gasteiger charge is 2.32. The van der Waals surface area contributed by atoms with Gasteiger partial charge in [-0.15, -0.1) is 0 Å². The highest BCUT2D eigenvalue weighted by atomic mass is 16.3. The Morgan fingerprint density at radius 1 is 0.372 bits per heavy atom. The zero-order valence-electron chi connectivity index (χ0n) is 50.9. The summed E-state index contributed by atoms with van der Waals surface area (Å²) in [6, 6.07) is 58.0. The predicted molar refractivity (Wildman–Crippen MR) is 317 cm³/mol. The van der Waals surface area contributed by atoms with E-state index in [2.05, 4.69) is 74.4 Å². The second-order valence-electron chi connectivity index (χ2n) is 19.0. The molecule has 8 heteroatoms. The van der Waals surface area contributed by atoms with Crippen LogP contribution in [-0.2, 0) is 0 Å². The van der Waals surface area contributed by atoms with Crippen molar-refractivity contribution in [2.45, 2.75) is 0 Å². The first-order valence-corrected chi connectivity index (χ1v) is 25.3. The van der Waals surface area contributed by atoms with Crippen molar-refractivity contribution in [1.29, 1.82) is 5.26 Å². The molecule has 78 heavy (non-hydrogen) atoms. The van der Waals surface area contributed by atoms with E-state index in [1.807, 2.05) is 127 Å². The lowest BCUT2D eigenvalue weighted by Crippen LogP contribution is -2.13. The summed E-state index contributed by atoms with van der Waals surface area (Å²) >= 11 is 0. The fourth-order valence-electron chi connectivity index (χ4n) is 11.7. The summed E-state index contributed by atoms with van der Waals surface area (Å²) in [7, 11) is 0. The molecule has 0 bridgehead atoms. The molecule has 8 nitrogen and oxygen atoms in total. The maximum atomic E-state index is 12.2. The Hall–Kier alpha value is -10.9. The van der Waals surface area contributed by atoms with Crippen molar-refractivity contribution in [1.82, 2.24) is 28.7 Å². The second-order valence-corrected chi connectivity index (χ2v) is 19.0. The molecule has 16 aromatic rings. The number of aromatic nitrogens is 6. The van der Waals surface area contributed by atoms with E-state index in [9.17, 15) is 10.7 Å². The summed E-state index contributed by atoms with van der Waals surface area (Å²) < 4.78 is 103. The number of hydrogen-bond donors (Lipinski definition) is 0. The highest BCUT2D eigenvalue weighted by Crippen LogP contribution is 2.49. The number of hydrogen-bond acceptors (Lipinski definition) is 5. The first-order chi connectivity index (χ1) is 42.8. The van der Waals surface area contributed by atoms with E-state index in [1.165, 1.54) is 0 Å². The normalized spacial score (nSPS) is 13.6. The Kier molecular flexibility index (Phi) is 7.57. The van der Waals surface area contributed by atoms with Crippen molar-refractivity contribution in [3.05, 3.63) is 254 Å². The van der Waals surface area contributed by atoms with E-state index in [0.29, 0.717) is 39.3 Å². The van der Waals surface area contributed by atoms with Gasteiger partial charge in [0.25, 0.3) is 0 Å². The van der Waals surface area contributed by atoms with Gasteiger partial charge in [0.1, 0.15) is 17.2 Å². The van der Waals surface area contributed by atoms with Gasteiger partial charge in [0.2, 0.25) is 0 Å². The molecular formula is C70H41N7O. The van der Waals surface area contributed by atoms with Crippen LogP contribution in [0.3, 0.4) is 0 Å². The molecule has 11 aromatic carbocycles. The van der Waals surface area contributed by atoms with Crippen LogP contribution in [0.25, 0.3) is 150 Å². The molecule has 0 atom stereocenters. The van der Waals surface area contributed by atoms with Gasteiger partial charge in [-0.25, -0.2) is 15.0 Å². The average molecular weight is 1010 g/mol. The molecule has 0 radical (unpaired) electrons. The number of nitrogens with zero attached hydrogens (tertiary/aromatic N) is 7. The molecule has 0 aliphatic rings. The number of furan rings is 1. The first-order valence-electron chi connectivity index (χ1n) is 30.3. The molecule has 362 valence electrons. The minimum absolute atomic E-state index is 0.121. The van der Waals surface area contributed by atoms with Crippen molar-refractivity contribution in [2.75, 3.05) is 0 Å². The molecule has 5 aromatic heterocycles. The quantitative estimate of drug-likeness (QED) is 0.159. The lowest BCUT2D eigenvalue weighted by Gasteiger charge is -2.25. The van der Waals surface area contributed by atoms with E-state index in [-0.39, 0.29) is 17.0 Å². The van der Waals surface area contributed by atoms with Crippen molar-refractivity contribution in [2.24, 2.45) is 0 Å². The lowest BCUT2D eigenvalue weighted by atomic mass is 10.0. The molecule has 0 unspecified atom stereocenters. The van der Waals surface area contributed by atoms with Gasteiger partial charge in [-0.3, -0.25) is 0 Å². The Morgan fingerprint density at radius 3 is 1.42 bits per heavy atom. The molecule has 16 rings (SSSR count). The van der Waals surface area contributed by atoms with E-state index in [1.54, 1.807) is 6.07 Å². The van der Waals surface area contributed by atoms with Crippen LogP contribution in [0, 0.1) is 11.3 Å². The SMILES string of the molecule is [2H]c1c([2H])c([2H])c(-c2nc(-c3cc(C#N)c(-n4c5ccccc5c5ccccc54)c(-n4c5ccc(-c6ccccc6)cc5c5c6oc7ccccc7c6ccc54)c3-n3c4ccccc4c4ccccc43)nc(-c3c([2H])c([2H])c([2H])c([2H])c3[2H])n2)c([2H])c1[2H]. The van der Waals surface area contributed by atoms with E-state index in [0.717, 1.165) is 76.3 Å². The standard InChI is InChI=1S/C70H41N7O/c71-42-47-41-55(70-73-68(44-22-6-2-7-23-44)72-69(74-70)45-24-8-3-9-25-45)65(76-58-33-17-12-28-50(58)51-29-13-18-34-59(51)76)66(64(47)75-56-31-15-10-26-48(56)49-27-11-16-32-57(49)75)77-60-38-36-46(43-20-4-1-5-21-43)40-54(60)63-61(77)39-37-53-52-30-14-19-35-62(52)78-67(53)63/h1-41H/i2D,3D,6D,7D,8D,9D,22D,23D,24D,25D. The van der Waals surface area contributed by atoms with Crippen LogP contribution >= 0.6 is 0 Å². The Bertz CT molecular complexity index is 5550. The topological polar surface area (TPSA) is 90.4 Å². The molecule has 0 saturated carbocycles. The fraction of sp³-hybridized carbons (Fsp3) is 0. The number of benzene rings is 11. The summed E-state index contributed by atoms with van der Waals surface area (Å²) in [5.41, 5.74) is 8.34. The van der Waals surface area contributed by atoms with Crippen LogP contribution in [0.1, 0.15) is 19.3 Å². The van der Waals surface area contributed by atoms with E-state index in [4.69, 9.17) is 27.6 Å². The van der Waals surface area contributed by atoms with E-state index >= 15 is 0 Å². The lowest BCUT2D eigenvalue weighted by molar-refractivity contribution is 0.673. The summed E-state index contributed by atoms with van der Waals surface area (Å²) in [6.45, 7) is 0. The van der Waals surface area contributed by atoms with Gasteiger partial charge in [-0.05, 0) is 71.8 Å². The summed E-state index contributed by atoms with van der Waals surface area (Å²) in [5, 5.41) is 19.2. The van der Waals surface area contributed by atoms with Crippen molar-refractivity contribution in [3.63, 3.8) is 0 Å². The molecular weight excluding hydrogens is 955 g/mol. The minimum Gasteiger partial charge on any atom is -0.455 e. The molecule has 0 fully saturated rings. The van der Waals surface area contributed by atoms with Crippen LogP contribution in [0.15, 0.2) is 253 Å². The number of fused-ring (bicyclic) bond motifs is 13. The molecule has 0 spiro atoms. The van der Waals surface area contributed by atoms with Gasteiger partial charge in [0.05, 0.1) is 74.8 Å². The van der Waals surface area contributed by atoms with Crippen molar-refractivity contribution in [3.8, 4) is 68.4 Å². The van der Waals surface area contributed by atoms with Crippen LogP contribution in [-0.4, -0.2) is 28.7 Å². The Balaban J connectivity index is 1.19. The number of nitriles is 1. The highest BCUT2D eigenvalue weighted by molar-refractivity contribution is 6.25. The number of para-hydroxylation sites is 5. The average Bonchev–Trinajstić information content (AvgIpc) is 1.52. The third-order valence-corrected chi connectivity index (χ3v) is 14.9. The third-order valence-electron chi connectivity index (χ3n) is 14.9. The zero-order chi connectivity index (χ0) is 60.1. The van der Waals surface area contributed by atoms with Crippen LogP contribution < -0.4 is 0 Å². The Morgan fingerprint density at radius 2 is 0.846 bits per heavy atom. The van der Waals surface area contributed by atoms with E-state index < -0.39 is 83.2 Å². The third kappa shape index (κ3) is 6.43. The predicted octanol–water partition coefficient (Wildman–Crippen LogP) is 17.6. The van der Waals surface area contributed by atoms with Gasteiger partial charge in [-0.1, -0.05) is 188 Å². The fourth-order valence-corrected chi connectivity index (χ4v) is 11.7. The minimum atomic E-state index is -0.682. The smallest absolute Gasteiger partial charge is 0.166 e. The van der Waals surface area contributed by atoms with Crippen LogP contribution in [0.4, 0.5) is 0 Å². The van der Waals surface area contributed by atoms with Crippen LogP contribution in [0.2, 0.25) is 0 Å². The largest absolute Gasteiger partial charge is 0.455 e. The first kappa shape index (κ1) is 34.6. The summed E-state index contributed by atoms with van der Waals surface area (Å²) in [6.07, 6.45) is 0. The maximum Gasteiger partial charge on any atom is 0.166 e. The molecule has 0 saturated heterocycles. The molecule has 0 aliphatic carbocycles. The Labute approximate surface area is 460 Å². The van der Waals surface area contributed by atoms with Crippen molar-refractivity contribution >= 4 is 87.4 Å². The molecule has 0 amide bonds. The molecule has 0 aliphatic heterocycles.